The molecule has 2 aromatic rings. The smallest absolute Gasteiger partial charge is 0.285 e. The second-order valence-electron chi connectivity index (χ2n) is 4.60. The van der Waals surface area contributed by atoms with Crippen LogP contribution in [-0.4, -0.2) is 11.5 Å². The Morgan fingerprint density at radius 3 is 2.24 bits per heavy atom. The van der Waals surface area contributed by atoms with Crippen LogP contribution in [0.4, 0.5) is 14.5 Å². The monoisotopic (exact) mass is 292 g/mol. The summed E-state index contributed by atoms with van der Waals surface area (Å²) in [6.45, 7) is -0.269. The maximum absolute atomic E-state index is 13.9. The van der Waals surface area contributed by atoms with Gasteiger partial charge in [-0.15, -0.1) is 0 Å². The summed E-state index contributed by atoms with van der Waals surface area (Å²) in [5.41, 5.74) is 0.652. The van der Waals surface area contributed by atoms with Gasteiger partial charge in [0.25, 0.3) is 11.6 Å². The van der Waals surface area contributed by atoms with Gasteiger partial charge in [0.15, 0.2) is 0 Å². The van der Waals surface area contributed by atoms with Gasteiger partial charge in [0, 0.05) is 24.2 Å². The molecule has 2 aromatic carbocycles. The lowest BCUT2D eigenvalue weighted by Crippen LogP contribution is -2.30. The van der Waals surface area contributed by atoms with E-state index in [1.807, 2.05) is 0 Å². The van der Waals surface area contributed by atoms with Crippen LogP contribution in [0.15, 0.2) is 54.6 Å². The highest BCUT2D eigenvalue weighted by Gasteiger charge is 2.30. The molecular formula is C15H14F2N2O2. The molecule has 0 aromatic heterocycles. The lowest BCUT2D eigenvalue weighted by Gasteiger charge is -2.17. The number of nitrogens with one attached hydrogen (secondary N) is 1. The van der Waals surface area contributed by atoms with Crippen LogP contribution in [0.5, 0.6) is 0 Å². The fourth-order valence-corrected chi connectivity index (χ4v) is 1.88. The van der Waals surface area contributed by atoms with Gasteiger partial charge in [-0.25, -0.2) is 0 Å². The van der Waals surface area contributed by atoms with Crippen LogP contribution in [0.2, 0.25) is 0 Å². The first-order valence-corrected chi connectivity index (χ1v) is 6.36. The highest BCUT2D eigenvalue weighted by Crippen LogP contribution is 2.26. The van der Waals surface area contributed by atoms with Crippen LogP contribution >= 0.6 is 0 Å². The molecular weight excluding hydrogens is 278 g/mol. The number of nitrogens with zero attached hydrogens (tertiary/aromatic N) is 1. The summed E-state index contributed by atoms with van der Waals surface area (Å²) in [4.78, 5) is 10.0. The Labute approximate surface area is 120 Å². The molecule has 0 saturated heterocycles. The lowest BCUT2D eigenvalue weighted by molar-refractivity contribution is -0.384. The van der Waals surface area contributed by atoms with Gasteiger partial charge in [-0.1, -0.05) is 42.5 Å². The molecule has 0 unspecified atom stereocenters. The number of benzene rings is 2. The molecule has 6 heteroatoms. The number of hydrogen-bond donors (Lipinski definition) is 1. The Hall–Kier alpha value is -2.34. The maximum Gasteiger partial charge on any atom is 0.285 e. The summed E-state index contributed by atoms with van der Waals surface area (Å²) < 4.78 is 27.8. The van der Waals surface area contributed by atoms with E-state index in [2.05, 4.69) is 5.32 Å². The van der Waals surface area contributed by atoms with E-state index in [4.69, 9.17) is 0 Å². The van der Waals surface area contributed by atoms with Crippen molar-refractivity contribution in [1.82, 2.24) is 5.32 Å². The molecule has 0 aliphatic carbocycles. The van der Waals surface area contributed by atoms with E-state index in [0.717, 1.165) is 0 Å². The second kappa shape index (κ2) is 6.41. The van der Waals surface area contributed by atoms with E-state index in [1.165, 1.54) is 24.3 Å². The fourth-order valence-electron chi connectivity index (χ4n) is 1.88. The molecule has 4 nitrogen and oxygen atoms in total. The zero-order valence-corrected chi connectivity index (χ0v) is 11.1. The Kier molecular flexibility index (Phi) is 4.59. The third-order valence-corrected chi connectivity index (χ3v) is 3.02. The highest BCUT2D eigenvalue weighted by atomic mass is 19.3. The van der Waals surface area contributed by atoms with Crippen molar-refractivity contribution in [2.75, 3.05) is 6.54 Å². The molecule has 0 amide bonds. The molecule has 0 saturated carbocycles. The Bertz CT molecular complexity index is 601. The van der Waals surface area contributed by atoms with E-state index in [0.29, 0.717) is 5.56 Å². The number of hydrogen-bond acceptors (Lipinski definition) is 3. The molecule has 110 valence electrons. The third kappa shape index (κ3) is 4.06. The van der Waals surface area contributed by atoms with Crippen LogP contribution in [-0.2, 0) is 12.5 Å². The maximum atomic E-state index is 13.9. The number of nitro groups is 1. The van der Waals surface area contributed by atoms with Crippen LogP contribution in [0, 0.1) is 10.1 Å². The van der Waals surface area contributed by atoms with E-state index < -0.39 is 17.4 Å². The number of non-ortho nitro benzene ring substituents is 1. The molecule has 0 aliphatic heterocycles. The molecule has 0 aliphatic rings. The summed E-state index contributed by atoms with van der Waals surface area (Å²) in [5, 5.41) is 13.2. The Morgan fingerprint density at radius 2 is 1.67 bits per heavy atom. The summed E-state index contributed by atoms with van der Waals surface area (Å²) >= 11 is 0. The average molecular weight is 292 g/mol. The molecule has 0 fully saturated rings. The number of alkyl halides is 2. The van der Waals surface area contributed by atoms with Crippen molar-refractivity contribution in [1.29, 1.82) is 0 Å². The minimum Gasteiger partial charge on any atom is -0.307 e. The van der Waals surface area contributed by atoms with Gasteiger partial charge in [0.05, 0.1) is 11.5 Å². The van der Waals surface area contributed by atoms with Crippen LogP contribution < -0.4 is 5.32 Å². The van der Waals surface area contributed by atoms with Crippen molar-refractivity contribution < 1.29 is 13.7 Å². The highest BCUT2D eigenvalue weighted by molar-refractivity contribution is 5.32. The summed E-state index contributed by atoms with van der Waals surface area (Å²) in [6.07, 6.45) is 0. The van der Waals surface area contributed by atoms with Gasteiger partial charge in [0.2, 0.25) is 0 Å². The Balaban J connectivity index is 1.90. The van der Waals surface area contributed by atoms with Crippen LogP contribution in [0.3, 0.4) is 0 Å². The van der Waals surface area contributed by atoms with Crippen LogP contribution in [0.1, 0.15) is 11.1 Å². The zero-order chi connectivity index (χ0) is 15.3. The third-order valence-electron chi connectivity index (χ3n) is 3.02. The first-order valence-electron chi connectivity index (χ1n) is 6.36. The number of rotatable bonds is 6. The van der Waals surface area contributed by atoms with Crippen molar-refractivity contribution in [3.8, 4) is 0 Å². The zero-order valence-electron chi connectivity index (χ0n) is 11.1. The summed E-state index contributed by atoms with van der Waals surface area (Å²) in [6, 6.07) is 13.4. The normalized spacial score (nSPS) is 11.3. The van der Waals surface area contributed by atoms with Gasteiger partial charge in [-0.2, -0.15) is 8.78 Å². The molecule has 21 heavy (non-hydrogen) atoms. The Morgan fingerprint density at radius 1 is 1.05 bits per heavy atom. The first kappa shape index (κ1) is 15.1. The van der Waals surface area contributed by atoms with Crippen molar-refractivity contribution in [2.24, 2.45) is 0 Å². The van der Waals surface area contributed by atoms with Crippen molar-refractivity contribution in [3.63, 3.8) is 0 Å². The lowest BCUT2D eigenvalue weighted by atomic mass is 10.1. The van der Waals surface area contributed by atoms with Gasteiger partial charge in [0.1, 0.15) is 0 Å². The van der Waals surface area contributed by atoms with E-state index in [9.17, 15) is 18.9 Å². The number of halogens is 2. The molecule has 0 atom stereocenters. The van der Waals surface area contributed by atoms with Gasteiger partial charge < -0.3 is 5.32 Å². The van der Waals surface area contributed by atoms with Gasteiger partial charge >= 0.3 is 0 Å². The molecule has 0 radical (unpaired) electrons. The standard InChI is InChI=1S/C15H14F2N2O2/c16-15(17,13-4-2-1-3-5-13)11-18-10-12-6-8-14(9-7-12)19(20)21/h1-9,18H,10-11H2. The summed E-state index contributed by atoms with van der Waals surface area (Å²) in [7, 11) is 0. The molecule has 2 rings (SSSR count). The fraction of sp³-hybridized carbons (Fsp3) is 0.200. The van der Waals surface area contributed by atoms with Crippen molar-refractivity contribution in [2.45, 2.75) is 12.5 Å². The van der Waals surface area contributed by atoms with Crippen molar-refractivity contribution >= 4 is 5.69 Å². The molecule has 0 heterocycles. The minimum atomic E-state index is -2.96. The predicted molar refractivity (Wildman–Crippen MR) is 75.1 cm³/mol. The topological polar surface area (TPSA) is 55.2 Å². The minimum absolute atomic E-state index is 0.0200. The van der Waals surface area contributed by atoms with Crippen molar-refractivity contribution in [3.05, 3.63) is 75.8 Å². The second-order valence-corrected chi connectivity index (χ2v) is 4.60. The molecule has 1 N–H and O–H groups in total. The van der Waals surface area contributed by atoms with Gasteiger partial charge in [-0.05, 0) is 5.56 Å². The largest absolute Gasteiger partial charge is 0.307 e. The van der Waals surface area contributed by atoms with E-state index in [-0.39, 0.29) is 17.8 Å². The number of nitro benzene ring substituents is 1. The molecule has 0 spiro atoms. The predicted octanol–water partition coefficient (Wildman–Crippen LogP) is 3.48. The summed E-state index contributed by atoms with van der Waals surface area (Å²) in [5.74, 6) is -2.96. The van der Waals surface area contributed by atoms with E-state index >= 15 is 0 Å². The van der Waals surface area contributed by atoms with E-state index in [1.54, 1.807) is 30.3 Å². The molecule has 0 bridgehead atoms. The average Bonchev–Trinajstić information content (AvgIpc) is 2.48. The quantitative estimate of drug-likeness (QED) is 0.655. The van der Waals surface area contributed by atoms with Crippen LogP contribution in [0.25, 0.3) is 0 Å². The SMILES string of the molecule is O=[N+]([O-])c1ccc(CNCC(F)(F)c2ccccc2)cc1. The van der Waals surface area contributed by atoms with Gasteiger partial charge in [-0.3, -0.25) is 10.1 Å². The first-order chi connectivity index (χ1) is 9.99.